The maximum absolute atomic E-state index is 4.49. The number of rotatable bonds is 9. The van der Waals surface area contributed by atoms with Gasteiger partial charge in [0.05, 0.1) is 15.9 Å². The van der Waals surface area contributed by atoms with E-state index in [4.69, 9.17) is 0 Å². The zero-order chi connectivity index (χ0) is 15.1. The maximum Gasteiger partial charge on any atom is 0.0738 e. The fourth-order valence-electron chi connectivity index (χ4n) is 2.12. The van der Waals surface area contributed by atoms with E-state index in [0.29, 0.717) is 6.04 Å². The molecule has 1 unspecified atom stereocenters. The van der Waals surface area contributed by atoms with Gasteiger partial charge in [0.1, 0.15) is 0 Å². The molecule has 3 nitrogen and oxygen atoms in total. The summed E-state index contributed by atoms with van der Waals surface area (Å²) in [5, 5.41) is 8.16. The van der Waals surface area contributed by atoms with Crippen molar-refractivity contribution in [3.8, 4) is 0 Å². The molecule has 5 heteroatoms. The molecule has 0 aliphatic rings. The lowest BCUT2D eigenvalue weighted by molar-refractivity contribution is 0.530. The number of hydrogen-bond donors (Lipinski definition) is 1. The normalized spacial score (nSPS) is 13.2. The smallest absolute Gasteiger partial charge is 0.0738 e. The van der Waals surface area contributed by atoms with Crippen LogP contribution in [0.5, 0.6) is 0 Å². The number of aromatic nitrogens is 2. The van der Waals surface area contributed by atoms with Gasteiger partial charge in [-0.1, -0.05) is 20.8 Å². The van der Waals surface area contributed by atoms with Crippen LogP contribution < -0.4 is 5.32 Å². The van der Waals surface area contributed by atoms with Crippen LogP contribution in [0.2, 0.25) is 0 Å². The molecule has 0 aromatic carbocycles. The number of nitrogens with zero attached hydrogens (tertiary/aromatic N) is 2. The van der Waals surface area contributed by atoms with Gasteiger partial charge in [0.15, 0.2) is 0 Å². The molecule has 0 radical (unpaired) electrons. The molecule has 0 spiro atoms. The summed E-state index contributed by atoms with van der Waals surface area (Å²) < 4.78 is 3.17. The second kappa shape index (κ2) is 9.11. The molecular formula is C15H28BrN3S. The highest BCUT2D eigenvalue weighted by atomic mass is 79.9. The third kappa shape index (κ3) is 5.78. The van der Waals surface area contributed by atoms with Crippen LogP contribution in [0.15, 0.2) is 4.47 Å². The van der Waals surface area contributed by atoms with Crippen molar-refractivity contribution in [1.29, 1.82) is 0 Å². The summed E-state index contributed by atoms with van der Waals surface area (Å²) in [5.74, 6) is 3.16. The average molecular weight is 362 g/mol. The highest BCUT2D eigenvalue weighted by Gasteiger charge is 2.16. The first-order valence-electron chi connectivity index (χ1n) is 7.44. The number of nitrogens with one attached hydrogen (secondary N) is 1. The summed E-state index contributed by atoms with van der Waals surface area (Å²) >= 11 is 5.72. The Hall–Kier alpha value is 0. The largest absolute Gasteiger partial charge is 0.313 e. The highest BCUT2D eigenvalue weighted by molar-refractivity contribution is 9.10. The zero-order valence-electron chi connectivity index (χ0n) is 13.4. The molecule has 0 aliphatic carbocycles. The third-order valence-corrected chi connectivity index (χ3v) is 5.73. The molecule has 0 amide bonds. The lowest BCUT2D eigenvalue weighted by Crippen LogP contribution is -2.35. The standard InChI is InChI=1S/C15H28BrN3S/c1-6-7-17-13(10-20-9-11(2)3)8-14-15(16)12(4)18-19(14)5/h11,13,17H,6-10H2,1-5H3. The van der Waals surface area contributed by atoms with Gasteiger partial charge in [-0.25, -0.2) is 0 Å². The molecule has 1 heterocycles. The van der Waals surface area contributed by atoms with Crippen LogP contribution in [0.1, 0.15) is 38.6 Å². The quantitative estimate of drug-likeness (QED) is 0.725. The van der Waals surface area contributed by atoms with Gasteiger partial charge in [-0.2, -0.15) is 16.9 Å². The van der Waals surface area contributed by atoms with Crippen molar-refractivity contribution >= 4 is 27.7 Å². The van der Waals surface area contributed by atoms with Crippen LogP contribution in [-0.4, -0.2) is 33.9 Å². The van der Waals surface area contributed by atoms with Gasteiger partial charge in [-0.3, -0.25) is 4.68 Å². The van der Waals surface area contributed by atoms with Crippen molar-refractivity contribution in [2.24, 2.45) is 13.0 Å². The number of hydrogen-bond acceptors (Lipinski definition) is 3. The molecular weight excluding hydrogens is 334 g/mol. The lowest BCUT2D eigenvalue weighted by atomic mass is 10.1. The molecule has 0 aliphatic heterocycles. The van der Waals surface area contributed by atoms with E-state index < -0.39 is 0 Å². The third-order valence-electron chi connectivity index (χ3n) is 3.15. The molecule has 1 atom stereocenters. The molecule has 116 valence electrons. The highest BCUT2D eigenvalue weighted by Crippen LogP contribution is 2.22. The maximum atomic E-state index is 4.49. The minimum atomic E-state index is 0.518. The second-order valence-electron chi connectivity index (χ2n) is 5.76. The molecule has 1 aromatic rings. The summed E-state index contributed by atoms with van der Waals surface area (Å²) in [6.07, 6.45) is 2.21. The first-order valence-corrected chi connectivity index (χ1v) is 9.39. The van der Waals surface area contributed by atoms with Crippen LogP contribution in [0.4, 0.5) is 0 Å². The molecule has 0 fully saturated rings. The van der Waals surface area contributed by atoms with Gasteiger partial charge in [-0.15, -0.1) is 0 Å². The van der Waals surface area contributed by atoms with Crippen molar-refractivity contribution in [1.82, 2.24) is 15.1 Å². The van der Waals surface area contributed by atoms with Gasteiger partial charge in [0.2, 0.25) is 0 Å². The van der Waals surface area contributed by atoms with Gasteiger partial charge in [-0.05, 0) is 47.5 Å². The fraction of sp³-hybridized carbons (Fsp3) is 0.800. The number of thioether (sulfide) groups is 1. The Morgan fingerprint density at radius 3 is 2.55 bits per heavy atom. The van der Waals surface area contributed by atoms with E-state index >= 15 is 0 Å². The Bertz CT molecular complexity index is 404. The van der Waals surface area contributed by atoms with Crippen LogP contribution in [0.25, 0.3) is 0 Å². The molecule has 0 saturated carbocycles. The monoisotopic (exact) mass is 361 g/mol. The number of aryl methyl sites for hydroxylation is 2. The Kier molecular flexibility index (Phi) is 8.22. The van der Waals surface area contributed by atoms with E-state index in [1.165, 1.54) is 17.9 Å². The summed E-state index contributed by atoms with van der Waals surface area (Å²) in [6.45, 7) is 9.91. The van der Waals surface area contributed by atoms with Crippen molar-refractivity contribution in [3.05, 3.63) is 15.9 Å². The molecule has 0 saturated heterocycles. The topological polar surface area (TPSA) is 29.9 Å². The summed E-state index contributed by atoms with van der Waals surface area (Å²) in [6, 6.07) is 0.518. The molecule has 20 heavy (non-hydrogen) atoms. The van der Waals surface area contributed by atoms with Crippen LogP contribution in [-0.2, 0) is 13.5 Å². The predicted molar refractivity (Wildman–Crippen MR) is 93.6 cm³/mol. The van der Waals surface area contributed by atoms with E-state index in [0.717, 1.165) is 34.8 Å². The summed E-state index contributed by atoms with van der Waals surface area (Å²) in [5.41, 5.74) is 2.37. The van der Waals surface area contributed by atoms with Gasteiger partial charge < -0.3 is 5.32 Å². The van der Waals surface area contributed by atoms with Gasteiger partial charge in [0.25, 0.3) is 0 Å². The molecule has 1 aromatic heterocycles. The van der Waals surface area contributed by atoms with Gasteiger partial charge in [0, 0.05) is 25.3 Å². The molecule has 0 bridgehead atoms. The van der Waals surface area contributed by atoms with E-state index in [1.807, 2.05) is 11.7 Å². The van der Waals surface area contributed by atoms with E-state index in [2.05, 4.69) is 65.8 Å². The van der Waals surface area contributed by atoms with Crippen LogP contribution in [0.3, 0.4) is 0 Å². The average Bonchev–Trinajstić information content (AvgIpc) is 2.61. The minimum Gasteiger partial charge on any atom is -0.313 e. The van der Waals surface area contributed by atoms with Crippen molar-refractivity contribution in [2.75, 3.05) is 18.1 Å². The van der Waals surface area contributed by atoms with Crippen molar-refractivity contribution < 1.29 is 0 Å². The van der Waals surface area contributed by atoms with Gasteiger partial charge >= 0.3 is 0 Å². The lowest BCUT2D eigenvalue weighted by Gasteiger charge is -2.19. The second-order valence-corrected chi connectivity index (χ2v) is 7.62. The Morgan fingerprint density at radius 1 is 1.35 bits per heavy atom. The van der Waals surface area contributed by atoms with E-state index in [-0.39, 0.29) is 0 Å². The SMILES string of the molecule is CCCNC(CSCC(C)C)Cc1c(Br)c(C)nn1C. The molecule has 1 N–H and O–H groups in total. The predicted octanol–water partition coefficient (Wildman–Crippen LogP) is 3.79. The zero-order valence-corrected chi connectivity index (χ0v) is 15.8. The molecule has 1 rings (SSSR count). The minimum absolute atomic E-state index is 0.518. The number of halogens is 1. The fourth-order valence-corrected chi connectivity index (χ4v) is 3.75. The Balaban J connectivity index is 2.63. The van der Waals surface area contributed by atoms with E-state index in [9.17, 15) is 0 Å². The summed E-state index contributed by atoms with van der Waals surface area (Å²) in [7, 11) is 2.03. The van der Waals surface area contributed by atoms with Crippen molar-refractivity contribution in [2.45, 2.75) is 46.6 Å². The Labute approximate surface area is 136 Å². The van der Waals surface area contributed by atoms with Crippen LogP contribution in [0, 0.1) is 12.8 Å². The van der Waals surface area contributed by atoms with Crippen LogP contribution >= 0.6 is 27.7 Å². The first kappa shape index (κ1) is 18.1. The first-order chi connectivity index (χ1) is 9.45. The summed E-state index contributed by atoms with van der Waals surface area (Å²) in [4.78, 5) is 0. The van der Waals surface area contributed by atoms with Crippen molar-refractivity contribution in [3.63, 3.8) is 0 Å². The Morgan fingerprint density at radius 2 is 2.05 bits per heavy atom. The van der Waals surface area contributed by atoms with E-state index in [1.54, 1.807) is 0 Å².